The highest BCUT2D eigenvalue weighted by molar-refractivity contribution is 5.90. The molecule has 5 nitrogen and oxygen atoms in total. The van der Waals surface area contributed by atoms with E-state index in [2.05, 4.69) is 15.1 Å². The van der Waals surface area contributed by atoms with Crippen molar-refractivity contribution in [3.63, 3.8) is 0 Å². The molecule has 3 rings (SSSR count). The molecule has 5 heteroatoms. The summed E-state index contributed by atoms with van der Waals surface area (Å²) >= 11 is 0. The smallest absolute Gasteiger partial charge is 0.262 e. The number of aromatic amines is 1. The third-order valence-electron chi connectivity index (χ3n) is 3.28. The molecular formula is C15H16N4O. The molecule has 0 saturated carbocycles. The molecule has 3 aromatic rings. The predicted molar refractivity (Wildman–Crippen MR) is 78.7 cm³/mol. The standard InChI is InChI=1S/C15H16N4O/c1-9(2)19-14-12(15(20)17-8-16-14)13(18-19)11-6-4-5-10(3)7-11/h4-9H,1-3H3,(H,16,17,20). The zero-order valence-corrected chi connectivity index (χ0v) is 11.7. The second-order valence-corrected chi connectivity index (χ2v) is 5.19. The maximum Gasteiger partial charge on any atom is 0.262 e. The summed E-state index contributed by atoms with van der Waals surface area (Å²) in [4.78, 5) is 19.1. The van der Waals surface area contributed by atoms with Crippen molar-refractivity contribution in [3.05, 3.63) is 46.5 Å². The monoisotopic (exact) mass is 268 g/mol. The fourth-order valence-corrected chi connectivity index (χ4v) is 2.34. The van der Waals surface area contributed by atoms with Gasteiger partial charge in [0.05, 0.1) is 6.33 Å². The van der Waals surface area contributed by atoms with Crippen LogP contribution in [0.5, 0.6) is 0 Å². The fourth-order valence-electron chi connectivity index (χ4n) is 2.34. The van der Waals surface area contributed by atoms with Crippen LogP contribution < -0.4 is 5.56 Å². The molecule has 20 heavy (non-hydrogen) atoms. The fraction of sp³-hybridized carbons (Fsp3) is 0.267. The molecular weight excluding hydrogens is 252 g/mol. The maximum atomic E-state index is 12.1. The summed E-state index contributed by atoms with van der Waals surface area (Å²) in [5.41, 5.74) is 3.23. The van der Waals surface area contributed by atoms with Gasteiger partial charge >= 0.3 is 0 Å². The Balaban J connectivity index is 2.39. The van der Waals surface area contributed by atoms with Crippen LogP contribution in [0.4, 0.5) is 0 Å². The number of nitrogens with zero attached hydrogens (tertiary/aromatic N) is 3. The molecule has 0 fully saturated rings. The van der Waals surface area contributed by atoms with E-state index in [1.165, 1.54) is 6.33 Å². The number of nitrogens with one attached hydrogen (secondary N) is 1. The predicted octanol–water partition coefficient (Wildman–Crippen LogP) is 2.68. The lowest BCUT2D eigenvalue weighted by molar-refractivity contribution is 0.548. The van der Waals surface area contributed by atoms with Crippen molar-refractivity contribution in [2.24, 2.45) is 0 Å². The Labute approximate surface area is 116 Å². The first-order valence-corrected chi connectivity index (χ1v) is 6.61. The first kappa shape index (κ1) is 12.6. The molecule has 1 N–H and O–H groups in total. The maximum absolute atomic E-state index is 12.1. The molecule has 1 aromatic carbocycles. The van der Waals surface area contributed by atoms with E-state index in [9.17, 15) is 4.79 Å². The first-order chi connectivity index (χ1) is 9.58. The quantitative estimate of drug-likeness (QED) is 0.777. The van der Waals surface area contributed by atoms with Crippen LogP contribution in [0, 0.1) is 6.92 Å². The number of hydrogen-bond donors (Lipinski definition) is 1. The molecule has 0 aliphatic heterocycles. The number of H-pyrrole nitrogens is 1. The molecule has 0 saturated heterocycles. The Morgan fingerprint density at radius 1 is 1.30 bits per heavy atom. The van der Waals surface area contributed by atoms with Crippen molar-refractivity contribution in [1.29, 1.82) is 0 Å². The van der Waals surface area contributed by atoms with Gasteiger partial charge in [-0.15, -0.1) is 0 Å². The summed E-state index contributed by atoms with van der Waals surface area (Å²) in [5.74, 6) is 0. The molecule has 0 amide bonds. The minimum Gasteiger partial charge on any atom is -0.312 e. The van der Waals surface area contributed by atoms with Crippen LogP contribution in [-0.4, -0.2) is 19.7 Å². The van der Waals surface area contributed by atoms with Crippen molar-refractivity contribution < 1.29 is 0 Å². The van der Waals surface area contributed by atoms with Gasteiger partial charge in [-0.25, -0.2) is 9.67 Å². The third-order valence-corrected chi connectivity index (χ3v) is 3.28. The van der Waals surface area contributed by atoms with Gasteiger partial charge in [0.15, 0.2) is 5.65 Å². The third kappa shape index (κ3) is 1.91. The van der Waals surface area contributed by atoms with Crippen LogP contribution in [0.25, 0.3) is 22.3 Å². The summed E-state index contributed by atoms with van der Waals surface area (Å²) in [7, 11) is 0. The highest BCUT2D eigenvalue weighted by atomic mass is 16.1. The second-order valence-electron chi connectivity index (χ2n) is 5.19. The molecule has 0 bridgehead atoms. The molecule has 0 radical (unpaired) electrons. The van der Waals surface area contributed by atoms with Gasteiger partial charge in [-0.05, 0) is 26.8 Å². The Kier molecular flexibility index (Phi) is 2.89. The largest absolute Gasteiger partial charge is 0.312 e. The van der Waals surface area contributed by atoms with Crippen LogP contribution >= 0.6 is 0 Å². The summed E-state index contributed by atoms with van der Waals surface area (Å²) < 4.78 is 1.79. The van der Waals surface area contributed by atoms with Crippen molar-refractivity contribution in [3.8, 4) is 11.3 Å². The van der Waals surface area contributed by atoms with E-state index in [-0.39, 0.29) is 11.6 Å². The number of aromatic nitrogens is 4. The van der Waals surface area contributed by atoms with Gasteiger partial charge in [-0.1, -0.05) is 23.8 Å². The zero-order chi connectivity index (χ0) is 14.3. The summed E-state index contributed by atoms with van der Waals surface area (Å²) in [5, 5.41) is 5.14. The summed E-state index contributed by atoms with van der Waals surface area (Å²) in [6, 6.07) is 8.12. The lowest BCUT2D eigenvalue weighted by Gasteiger charge is -2.05. The van der Waals surface area contributed by atoms with Crippen molar-refractivity contribution >= 4 is 11.0 Å². The van der Waals surface area contributed by atoms with E-state index in [4.69, 9.17) is 0 Å². The van der Waals surface area contributed by atoms with E-state index < -0.39 is 0 Å². The van der Waals surface area contributed by atoms with E-state index >= 15 is 0 Å². The molecule has 0 aliphatic carbocycles. The SMILES string of the molecule is Cc1cccc(-c2nn(C(C)C)c3nc[nH]c(=O)c23)c1. The normalized spacial score (nSPS) is 11.4. The van der Waals surface area contributed by atoms with E-state index in [1.807, 2.05) is 45.0 Å². The van der Waals surface area contributed by atoms with Gasteiger partial charge in [0.25, 0.3) is 5.56 Å². The van der Waals surface area contributed by atoms with Crippen LogP contribution in [-0.2, 0) is 0 Å². The molecule has 2 aromatic heterocycles. The van der Waals surface area contributed by atoms with Crippen LogP contribution in [0.2, 0.25) is 0 Å². The number of hydrogen-bond acceptors (Lipinski definition) is 3. The summed E-state index contributed by atoms with van der Waals surface area (Å²) in [6.07, 6.45) is 1.42. The summed E-state index contributed by atoms with van der Waals surface area (Å²) in [6.45, 7) is 6.07. The lowest BCUT2D eigenvalue weighted by atomic mass is 10.1. The second kappa shape index (κ2) is 4.59. The lowest BCUT2D eigenvalue weighted by Crippen LogP contribution is -2.08. The Morgan fingerprint density at radius 3 is 2.80 bits per heavy atom. The number of aryl methyl sites for hydroxylation is 1. The van der Waals surface area contributed by atoms with Crippen LogP contribution in [0.15, 0.2) is 35.4 Å². The molecule has 0 aliphatic rings. The van der Waals surface area contributed by atoms with Crippen LogP contribution in [0.3, 0.4) is 0 Å². The van der Waals surface area contributed by atoms with E-state index in [0.29, 0.717) is 16.7 Å². The zero-order valence-electron chi connectivity index (χ0n) is 11.7. The van der Waals surface area contributed by atoms with Gasteiger partial charge in [-0.3, -0.25) is 4.79 Å². The molecule has 0 atom stereocenters. The Bertz CT molecular complexity index is 829. The van der Waals surface area contributed by atoms with Crippen molar-refractivity contribution in [2.45, 2.75) is 26.8 Å². The molecule has 0 spiro atoms. The topological polar surface area (TPSA) is 63.6 Å². The Morgan fingerprint density at radius 2 is 2.10 bits per heavy atom. The van der Waals surface area contributed by atoms with Gasteiger partial charge in [0, 0.05) is 11.6 Å². The van der Waals surface area contributed by atoms with Crippen LogP contribution in [0.1, 0.15) is 25.5 Å². The van der Waals surface area contributed by atoms with Crippen molar-refractivity contribution in [1.82, 2.24) is 19.7 Å². The average molecular weight is 268 g/mol. The molecule has 0 unspecified atom stereocenters. The number of rotatable bonds is 2. The van der Waals surface area contributed by atoms with E-state index in [1.54, 1.807) is 4.68 Å². The first-order valence-electron chi connectivity index (χ1n) is 6.61. The highest BCUT2D eigenvalue weighted by Crippen LogP contribution is 2.26. The van der Waals surface area contributed by atoms with Gasteiger partial charge < -0.3 is 4.98 Å². The molecule has 2 heterocycles. The minimum atomic E-state index is -0.154. The van der Waals surface area contributed by atoms with Gasteiger partial charge in [0.1, 0.15) is 11.1 Å². The van der Waals surface area contributed by atoms with E-state index in [0.717, 1.165) is 11.1 Å². The number of benzene rings is 1. The minimum absolute atomic E-state index is 0.144. The Hall–Kier alpha value is -2.43. The van der Waals surface area contributed by atoms with Gasteiger partial charge in [-0.2, -0.15) is 5.10 Å². The van der Waals surface area contributed by atoms with Crippen molar-refractivity contribution in [2.75, 3.05) is 0 Å². The van der Waals surface area contributed by atoms with Gasteiger partial charge in [0.2, 0.25) is 0 Å². The molecule has 102 valence electrons. The highest BCUT2D eigenvalue weighted by Gasteiger charge is 2.17. The number of fused-ring (bicyclic) bond motifs is 1. The average Bonchev–Trinajstić information content (AvgIpc) is 2.80.